The molecule has 20 heteroatoms. The molecule has 23 rings (SSSR count). The smallest absolute Gasteiger partial charge is 0.298 e. The maximum absolute atomic E-state index is 15.1. The average Bonchev–Trinajstić information content (AvgIpc) is 1.61. The lowest BCUT2D eigenvalue weighted by Crippen LogP contribution is -2.29. The van der Waals surface area contributed by atoms with Crippen LogP contribution in [0.2, 0.25) is 0 Å². The monoisotopic (exact) mass is 1770 g/mol. The van der Waals surface area contributed by atoms with Crippen molar-refractivity contribution in [3.63, 3.8) is 0 Å². The third kappa shape index (κ3) is 15.0. The quantitative estimate of drug-likeness (QED) is 0.0901. The van der Waals surface area contributed by atoms with Gasteiger partial charge in [0.2, 0.25) is 0 Å². The lowest BCUT2D eigenvalue weighted by atomic mass is 9.95. The Morgan fingerprint density at radius 3 is 1.07 bits per heavy atom. The van der Waals surface area contributed by atoms with Gasteiger partial charge in [-0.3, -0.25) is 0 Å². The van der Waals surface area contributed by atoms with Gasteiger partial charge in [-0.05, 0) is 133 Å². The maximum Gasteiger partial charge on any atom is 0.298 e. The van der Waals surface area contributed by atoms with Crippen LogP contribution in [0.5, 0.6) is 0 Å². The summed E-state index contributed by atoms with van der Waals surface area (Å²) in [5.74, 6) is -0.352. The fourth-order valence-corrected chi connectivity index (χ4v) is 18.8. The maximum atomic E-state index is 15.1. The zero-order chi connectivity index (χ0) is 92.1. The second-order valence-electron chi connectivity index (χ2n) is 33.8. The van der Waals surface area contributed by atoms with E-state index in [4.69, 9.17) is 17.7 Å². The van der Waals surface area contributed by atoms with Gasteiger partial charge in [0, 0.05) is 80.2 Å². The lowest BCUT2D eigenvalue weighted by molar-refractivity contribution is -0.659. The molecule has 654 valence electrons. The van der Waals surface area contributed by atoms with E-state index >= 15 is 4.39 Å². The molecule has 0 bridgehead atoms. The summed E-state index contributed by atoms with van der Waals surface area (Å²) in [6.45, 7) is 12.1. The van der Waals surface area contributed by atoms with E-state index in [1.54, 1.807) is 12.1 Å². The minimum atomic E-state index is -0.666. The normalized spacial score (nSPS) is 11.6. The molecule has 15 aromatic carbocycles. The number of hydrogen-bond donors (Lipinski definition) is 0. The molecule has 0 amide bonds. The fourth-order valence-electron chi connectivity index (χ4n) is 18.8. The van der Waals surface area contributed by atoms with Crippen molar-refractivity contribution in [1.29, 1.82) is 0 Å². The standard InChI is InChI=1S/C35H25F2N2O.C29H21F2N2O.C26H23F2N2O.C23H17F2N2O/c1-22-16-17-28-32-29(37)20-25(36)21-30(32)40-34(28)31(22)35-38(2)18-19-39(35)33-26(23-10-5-3-6-11-23)14-9-15-27(33)24-12-7-4-8-13-24;1-18-12-13-22-27-23(31)16-20(30)17-25(27)34-28(22)26(18)29-32(2)14-15-33(29)24-11-7-6-10-21(24)19-8-4-3-5-9-19;1-15(2)18-7-5-6-8-21(18)30-12-11-29(4)26(30)23-16(3)13-20(28)24-19-10-9-17(27)14-22(19)31-25(23)24;1-14-12-18(25)21-17-9-8-15(24)13-19(17)28-22(21)20(14)23-26(2)10-11-27(23)16-6-4-3-5-7-16/h3-21H,1-2H3;3-17H,1-2H3;5-15H,1-4H3;3-13H,1-2H3/q4*+1. The van der Waals surface area contributed by atoms with Crippen molar-refractivity contribution >= 4 is 87.8 Å². The number of benzene rings is 15. The zero-order valence-electron chi connectivity index (χ0n) is 74.1. The summed E-state index contributed by atoms with van der Waals surface area (Å²) in [4.78, 5) is 0. The molecule has 0 radical (unpaired) electrons. The number of nitrogens with zero attached hydrogens (tertiary/aromatic N) is 8. The molecule has 0 atom stereocenters. The van der Waals surface area contributed by atoms with Gasteiger partial charge in [0.1, 0.15) is 163 Å². The first kappa shape index (κ1) is 84.9. The van der Waals surface area contributed by atoms with Gasteiger partial charge < -0.3 is 17.7 Å². The van der Waals surface area contributed by atoms with E-state index < -0.39 is 34.9 Å². The van der Waals surface area contributed by atoms with Crippen LogP contribution in [0.4, 0.5) is 35.1 Å². The molecule has 0 fully saturated rings. The predicted molar refractivity (Wildman–Crippen MR) is 508 cm³/mol. The van der Waals surface area contributed by atoms with E-state index in [2.05, 4.69) is 106 Å². The van der Waals surface area contributed by atoms with E-state index in [0.29, 0.717) is 77.1 Å². The van der Waals surface area contributed by atoms with Crippen LogP contribution < -0.4 is 18.3 Å². The number of halogens is 8. The first-order valence-electron chi connectivity index (χ1n) is 43.5. The Hall–Kier alpha value is -16.2. The molecule has 133 heavy (non-hydrogen) atoms. The Morgan fingerprint density at radius 1 is 0.271 bits per heavy atom. The Morgan fingerprint density at radius 2 is 0.609 bits per heavy atom. The molecule has 0 aliphatic heterocycles. The number of fused-ring (bicyclic) bond motifs is 12. The summed E-state index contributed by atoms with van der Waals surface area (Å²) in [6, 6.07) is 86.9. The third-order valence-electron chi connectivity index (χ3n) is 24.9. The molecule has 0 N–H and O–H groups in total. The Bertz CT molecular complexity index is 8450. The molecule has 12 nitrogen and oxygen atoms in total. The van der Waals surface area contributed by atoms with Crippen molar-refractivity contribution in [3.8, 4) is 102 Å². The number of para-hydroxylation sites is 4. The van der Waals surface area contributed by atoms with Gasteiger partial charge in [-0.2, -0.15) is 18.3 Å². The first-order chi connectivity index (χ1) is 64.4. The Kier molecular flexibility index (Phi) is 21.9. The summed E-state index contributed by atoms with van der Waals surface area (Å²) in [5.41, 5.74) is 21.4. The molecule has 8 heterocycles. The van der Waals surface area contributed by atoms with Crippen molar-refractivity contribution in [3.05, 3.63) is 409 Å². The van der Waals surface area contributed by atoms with Gasteiger partial charge in [-0.15, -0.1) is 0 Å². The number of imidazole rings is 4. The summed E-state index contributed by atoms with van der Waals surface area (Å²) in [6.07, 6.45) is 15.9. The number of furan rings is 4. The average molecular weight is 1770 g/mol. The highest BCUT2D eigenvalue weighted by Gasteiger charge is 2.35. The van der Waals surface area contributed by atoms with Gasteiger partial charge >= 0.3 is 0 Å². The fraction of sp³-hybridized carbons (Fsp3) is 0.0973. The van der Waals surface area contributed by atoms with Crippen LogP contribution >= 0.6 is 0 Å². The van der Waals surface area contributed by atoms with Gasteiger partial charge in [0.05, 0.1) is 49.7 Å². The molecule has 8 aromatic heterocycles. The highest BCUT2D eigenvalue weighted by molar-refractivity contribution is 6.13. The predicted octanol–water partition coefficient (Wildman–Crippen LogP) is 27.9. The Labute approximate surface area is 759 Å². The Balaban J connectivity index is 0.000000111. The highest BCUT2D eigenvalue weighted by Crippen LogP contribution is 2.47. The number of hydrogen-bond acceptors (Lipinski definition) is 4. The molecular weight excluding hydrogens is 1690 g/mol. The minimum absolute atomic E-state index is 0.190. The van der Waals surface area contributed by atoms with Crippen LogP contribution in [-0.4, -0.2) is 18.3 Å². The topological polar surface area (TPSA) is 87.8 Å². The molecule has 0 saturated carbocycles. The zero-order valence-corrected chi connectivity index (χ0v) is 74.1. The van der Waals surface area contributed by atoms with E-state index in [1.165, 1.54) is 54.1 Å². The SMILES string of the molecule is Cc1cc(F)c2c(oc3cc(F)ccc32)c1-c1n(-c2ccccc2)cc[n+]1C.Cc1cc(F)c2c(oc3cc(F)ccc32)c1-c1n(-c2ccccc2C(C)C)cc[n+]1C.Cc1ccc2c(oc3cc(F)cc(F)c32)c1-c1n(-c2c(-c3ccccc3)cccc2-c2ccccc2)cc[n+]1C.Cc1ccc2c(oc3cc(F)cc(F)c32)c1-c1n(-c2ccccc2-c2ccccc2)cc[n+]1C. The first-order valence-corrected chi connectivity index (χ1v) is 43.5. The summed E-state index contributed by atoms with van der Waals surface area (Å²) in [7, 11) is 7.85. The van der Waals surface area contributed by atoms with E-state index in [0.717, 1.165) is 136 Å². The molecule has 0 aliphatic rings. The second kappa shape index (κ2) is 34.3. The van der Waals surface area contributed by atoms with Crippen molar-refractivity contribution in [2.24, 2.45) is 28.2 Å². The number of rotatable bonds is 12. The van der Waals surface area contributed by atoms with Gasteiger partial charge in [0.25, 0.3) is 23.3 Å². The third-order valence-corrected chi connectivity index (χ3v) is 24.9. The summed E-state index contributed by atoms with van der Waals surface area (Å²) >= 11 is 0. The molecule has 0 unspecified atom stereocenters. The van der Waals surface area contributed by atoms with Gasteiger partial charge in [-0.25, -0.2) is 53.4 Å². The second-order valence-corrected chi connectivity index (χ2v) is 33.8. The lowest BCUT2D eigenvalue weighted by Gasteiger charge is -2.15. The number of aromatic nitrogens is 8. The van der Waals surface area contributed by atoms with E-state index in [9.17, 15) is 30.7 Å². The molecular formula is C113H86F8N8O4+4. The molecule has 0 aliphatic carbocycles. The summed E-state index contributed by atoms with van der Waals surface area (Å²) in [5, 5.41) is 3.69. The summed E-state index contributed by atoms with van der Waals surface area (Å²) < 4.78 is 156. The highest BCUT2D eigenvalue weighted by atomic mass is 19.2. The van der Waals surface area contributed by atoms with Crippen LogP contribution in [0.3, 0.4) is 0 Å². The van der Waals surface area contributed by atoms with Crippen molar-refractivity contribution in [2.75, 3.05) is 0 Å². The van der Waals surface area contributed by atoms with Gasteiger partial charge in [0.15, 0.2) is 22.3 Å². The van der Waals surface area contributed by atoms with Crippen LogP contribution in [0, 0.1) is 74.2 Å². The number of aryl methyl sites for hydroxylation is 8. The van der Waals surface area contributed by atoms with Crippen molar-refractivity contribution in [1.82, 2.24) is 18.3 Å². The van der Waals surface area contributed by atoms with E-state index in [1.807, 2.05) is 262 Å². The molecule has 23 aromatic rings. The van der Waals surface area contributed by atoms with Crippen molar-refractivity contribution < 1.29 is 71.1 Å². The molecule has 0 saturated heterocycles. The van der Waals surface area contributed by atoms with Crippen LogP contribution in [0.25, 0.3) is 189 Å². The largest absolute Gasteiger partial charge is 0.455 e. The van der Waals surface area contributed by atoms with Crippen LogP contribution in [0.1, 0.15) is 47.6 Å². The van der Waals surface area contributed by atoms with Gasteiger partial charge in [-0.1, -0.05) is 202 Å². The molecule has 0 spiro atoms. The van der Waals surface area contributed by atoms with Crippen LogP contribution in [-0.2, 0) is 28.2 Å². The minimum Gasteiger partial charge on any atom is -0.455 e. The van der Waals surface area contributed by atoms with Crippen LogP contribution in [0.15, 0.2) is 352 Å². The van der Waals surface area contributed by atoms with E-state index in [-0.39, 0.29) is 28.2 Å². The van der Waals surface area contributed by atoms with Crippen molar-refractivity contribution in [2.45, 2.75) is 47.5 Å².